The van der Waals surface area contributed by atoms with Gasteiger partial charge in [0.2, 0.25) is 0 Å². The number of rotatable bonds is 1. The third kappa shape index (κ3) is 1.72. The number of hydrogen-bond acceptors (Lipinski definition) is 4. The Morgan fingerprint density at radius 1 is 1.06 bits per heavy atom. The standard InChI is InChI=1S/C13H12N2O2/c14-8-12-13-11(6-3-7-15-13)16-9-4-1-2-5-10(9)17-12/h1-7,12H,8,14H2/t12-/m0/s1. The maximum absolute atomic E-state index is 5.82. The maximum atomic E-state index is 5.82. The number of benzene rings is 1. The topological polar surface area (TPSA) is 57.4 Å². The molecule has 1 aromatic carbocycles. The average molecular weight is 228 g/mol. The van der Waals surface area contributed by atoms with Gasteiger partial charge in [-0.05, 0) is 24.3 Å². The predicted molar refractivity (Wildman–Crippen MR) is 63.2 cm³/mol. The summed E-state index contributed by atoms with van der Waals surface area (Å²) < 4.78 is 11.6. The van der Waals surface area contributed by atoms with Crippen molar-refractivity contribution in [2.75, 3.05) is 6.54 Å². The molecule has 4 heteroatoms. The van der Waals surface area contributed by atoms with E-state index in [1.54, 1.807) is 6.20 Å². The monoisotopic (exact) mass is 228 g/mol. The van der Waals surface area contributed by atoms with Crippen LogP contribution in [0.2, 0.25) is 0 Å². The van der Waals surface area contributed by atoms with Crippen LogP contribution in [0, 0.1) is 0 Å². The molecule has 17 heavy (non-hydrogen) atoms. The Bertz CT molecular complexity index is 542. The van der Waals surface area contributed by atoms with Crippen molar-refractivity contribution in [2.24, 2.45) is 5.73 Å². The van der Waals surface area contributed by atoms with Crippen LogP contribution < -0.4 is 15.2 Å². The molecule has 0 saturated heterocycles. The van der Waals surface area contributed by atoms with Gasteiger partial charge in [0.05, 0.1) is 0 Å². The lowest BCUT2D eigenvalue weighted by molar-refractivity contribution is 0.212. The van der Waals surface area contributed by atoms with Crippen LogP contribution in [0.5, 0.6) is 17.2 Å². The molecule has 2 aromatic rings. The average Bonchev–Trinajstić information content (AvgIpc) is 2.54. The van der Waals surface area contributed by atoms with Crippen LogP contribution in [0.25, 0.3) is 0 Å². The van der Waals surface area contributed by atoms with Crippen LogP contribution >= 0.6 is 0 Å². The Hall–Kier alpha value is -2.07. The lowest BCUT2D eigenvalue weighted by Gasteiger charge is -2.14. The fourth-order valence-electron chi connectivity index (χ4n) is 1.85. The molecule has 0 unspecified atom stereocenters. The van der Waals surface area contributed by atoms with Crippen LogP contribution in [0.15, 0.2) is 42.6 Å². The van der Waals surface area contributed by atoms with Crippen molar-refractivity contribution in [1.82, 2.24) is 4.98 Å². The Morgan fingerprint density at radius 2 is 1.82 bits per heavy atom. The molecule has 0 fully saturated rings. The molecule has 0 bridgehead atoms. The van der Waals surface area contributed by atoms with E-state index in [1.807, 2.05) is 36.4 Å². The minimum atomic E-state index is -0.269. The first-order valence-electron chi connectivity index (χ1n) is 5.47. The molecule has 1 aliphatic rings. The number of pyridine rings is 1. The van der Waals surface area contributed by atoms with Crippen molar-refractivity contribution in [1.29, 1.82) is 0 Å². The summed E-state index contributed by atoms with van der Waals surface area (Å²) in [5.74, 6) is 2.09. The first-order valence-corrected chi connectivity index (χ1v) is 5.47. The molecule has 1 atom stereocenters. The third-order valence-corrected chi connectivity index (χ3v) is 2.66. The normalized spacial score (nSPS) is 17.1. The van der Waals surface area contributed by atoms with Gasteiger partial charge in [0.25, 0.3) is 0 Å². The summed E-state index contributed by atoms with van der Waals surface area (Å²) >= 11 is 0. The molecule has 4 nitrogen and oxygen atoms in total. The largest absolute Gasteiger partial charge is 0.479 e. The maximum Gasteiger partial charge on any atom is 0.169 e. The molecule has 86 valence electrons. The van der Waals surface area contributed by atoms with Crippen LogP contribution in [0.4, 0.5) is 0 Å². The van der Waals surface area contributed by atoms with E-state index in [0.29, 0.717) is 23.8 Å². The minimum Gasteiger partial charge on any atom is -0.479 e. The lowest BCUT2D eigenvalue weighted by atomic mass is 10.2. The fourth-order valence-corrected chi connectivity index (χ4v) is 1.85. The molecule has 1 aliphatic heterocycles. The highest BCUT2D eigenvalue weighted by Gasteiger charge is 2.24. The fraction of sp³-hybridized carbons (Fsp3) is 0.154. The summed E-state index contributed by atoms with van der Waals surface area (Å²) in [6.07, 6.45) is 1.44. The van der Waals surface area contributed by atoms with E-state index in [1.165, 1.54) is 0 Å². The quantitative estimate of drug-likeness (QED) is 0.813. The van der Waals surface area contributed by atoms with Gasteiger partial charge < -0.3 is 15.2 Å². The number of aromatic nitrogens is 1. The number of ether oxygens (including phenoxy) is 2. The summed E-state index contributed by atoms with van der Waals surface area (Å²) in [6.45, 7) is 0.363. The van der Waals surface area contributed by atoms with E-state index >= 15 is 0 Å². The van der Waals surface area contributed by atoms with Gasteiger partial charge in [-0.2, -0.15) is 0 Å². The van der Waals surface area contributed by atoms with Crippen molar-refractivity contribution in [2.45, 2.75) is 6.10 Å². The first kappa shape index (κ1) is 10.1. The van der Waals surface area contributed by atoms with Gasteiger partial charge in [-0.15, -0.1) is 0 Å². The number of fused-ring (bicyclic) bond motifs is 2. The summed E-state index contributed by atoms with van der Waals surface area (Å²) in [5, 5.41) is 0. The van der Waals surface area contributed by atoms with E-state index in [0.717, 1.165) is 5.69 Å². The summed E-state index contributed by atoms with van der Waals surface area (Å²) in [7, 11) is 0. The zero-order valence-electron chi connectivity index (χ0n) is 9.17. The Kier molecular flexibility index (Phi) is 2.42. The molecule has 3 rings (SSSR count). The number of nitrogens with two attached hydrogens (primary N) is 1. The van der Waals surface area contributed by atoms with Crippen LogP contribution in [0.3, 0.4) is 0 Å². The Labute approximate surface area is 99.0 Å². The van der Waals surface area contributed by atoms with Gasteiger partial charge in [0, 0.05) is 12.7 Å². The van der Waals surface area contributed by atoms with Crippen LogP contribution in [-0.2, 0) is 0 Å². The smallest absolute Gasteiger partial charge is 0.169 e. The number of para-hydroxylation sites is 2. The van der Waals surface area contributed by atoms with Crippen LogP contribution in [0.1, 0.15) is 11.8 Å². The number of hydrogen-bond donors (Lipinski definition) is 1. The zero-order valence-corrected chi connectivity index (χ0v) is 9.17. The van der Waals surface area contributed by atoms with Gasteiger partial charge in [-0.25, -0.2) is 0 Å². The van der Waals surface area contributed by atoms with Crippen molar-refractivity contribution in [3.8, 4) is 17.2 Å². The Morgan fingerprint density at radius 3 is 2.65 bits per heavy atom. The zero-order chi connectivity index (χ0) is 11.7. The van der Waals surface area contributed by atoms with Gasteiger partial charge in [0.1, 0.15) is 5.69 Å². The Balaban J connectivity index is 2.13. The van der Waals surface area contributed by atoms with Crippen molar-refractivity contribution >= 4 is 0 Å². The van der Waals surface area contributed by atoms with Crippen molar-refractivity contribution < 1.29 is 9.47 Å². The molecule has 2 heterocycles. The molecular formula is C13H12N2O2. The highest BCUT2D eigenvalue weighted by atomic mass is 16.5. The van der Waals surface area contributed by atoms with E-state index in [2.05, 4.69) is 4.98 Å². The second kappa shape index (κ2) is 4.07. The first-order chi connectivity index (χ1) is 8.38. The molecule has 0 amide bonds. The van der Waals surface area contributed by atoms with E-state index in [-0.39, 0.29) is 6.10 Å². The molecule has 2 N–H and O–H groups in total. The molecule has 1 aromatic heterocycles. The predicted octanol–water partition coefficient (Wildman–Crippen LogP) is 2.27. The van der Waals surface area contributed by atoms with Gasteiger partial charge in [-0.3, -0.25) is 4.98 Å². The molecule has 0 aliphatic carbocycles. The molecule has 0 radical (unpaired) electrons. The second-order valence-corrected chi connectivity index (χ2v) is 3.78. The summed E-state index contributed by atoms with van der Waals surface area (Å²) in [5.41, 5.74) is 6.47. The SMILES string of the molecule is NC[C@@H]1Oc2ccccc2Oc2cccnc21. The van der Waals surface area contributed by atoms with Gasteiger partial charge >= 0.3 is 0 Å². The van der Waals surface area contributed by atoms with E-state index < -0.39 is 0 Å². The molecule has 0 saturated carbocycles. The highest BCUT2D eigenvalue weighted by molar-refractivity contribution is 5.46. The van der Waals surface area contributed by atoms with Crippen molar-refractivity contribution in [3.05, 3.63) is 48.3 Å². The van der Waals surface area contributed by atoms with Gasteiger partial charge in [0.15, 0.2) is 23.4 Å². The van der Waals surface area contributed by atoms with E-state index in [9.17, 15) is 0 Å². The molecular weight excluding hydrogens is 216 g/mol. The second-order valence-electron chi connectivity index (χ2n) is 3.78. The lowest BCUT2D eigenvalue weighted by Crippen LogP contribution is -2.18. The van der Waals surface area contributed by atoms with E-state index in [4.69, 9.17) is 15.2 Å². The van der Waals surface area contributed by atoms with Gasteiger partial charge in [-0.1, -0.05) is 12.1 Å². The van der Waals surface area contributed by atoms with Crippen molar-refractivity contribution in [3.63, 3.8) is 0 Å². The highest BCUT2D eigenvalue weighted by Crippen LogP contribution is 2.40. The number of nitrogens with zero attached hydrogens (tertiary/aromatic N) is 1. The summed E-state index contributed by atoms with van der Waals surface area (Å²) in [4.78, 5) is 4.28. The minimum absolute atomic E-state index is 0.269. The summed E-state index contributed by atoms with van der Waals surface area (Å²) in [6, 6.07) is 11.2. The third-order valence-electron chi connectivity index (χ3n) is 2.66. The molecule has 0 spiro atoms. The van der Waals surface area contributed by atoms with Crippen LogP contribution in [-0.4, -0.2) is 11.5 Å².